The van der Waals surface area contributed by atoms with Gasteiger partial charge in [0, 0.05) is 4.88 Å². The van der Waals surface area contributed by atoms with Crippen molar-refractivity contribution in [1.29, 1.82) is 0 Å². The Labute approximate surface area is 106 Å². The van der Waals surface area contributed by atoms with E-state index in [0.717, 1.165) is 23.4 Å². The van der Waals surface area contributed by atoms with Crippen LogP contribution >= 0.6 is 11.3 Å². The lowest BCUT2D eigenvalue weighted by molar-refractivity contribution is 0.597. The number of aryl methyl sites for hydroxylation is 2. The van der Waals surface area contributed by atoms with Crippen molar-refractivity contribution in [2.75, 3.05) is 17.0 Å². The van der Waals surface area contributed by atoms with Crippen molar-refractivity contribution in [2.45, 2.75) is 33.1 Å². The maximum absolute atomic E-state index is 11.7. The van der Waals surface area contributed by atoms with Crippen LogP contribution in [0.1, 0.15) is 30.3 Å². The summed E-state index contributed by atoms with van der Waals surface area (Å²) in [5, 5.41) is 0.465. The highest BCUT2D eigenvalue weighted by Gasteiger charge is 2.13. The summed E-state index contributed by atoms with van der Waals surface area (Å²) in [5.41, 5.74) is 6.28. The van der Waals surface area contributed by atoms with E-state index in [-0.39, 0.29) is 5.75 Å². The Balaban J connectivity index is 2.63. The van der Waals surface area contributed by atoms with Gasteiger partial charge in [0.1, 0.15) is 0 Å². The van der Waals surface area contributed by atoms with Crippen molar-refractivity contribution in [3.63, 3.8) is 0 Å². The number of unbranched alkanes of at least 4 members (excludes halogenated alkanes) is 1. The zero-order chi connectivity index (χ0) is 12.9. The van der Waals surface area contributed by atoms with Crippen LogP contribution in [0.15, 0.2) is 0 Å². The molecule has 98 valence electrons. The Bertz CT molecular complexity index is 454. The fourth-order valence-corrected chi connectivity index (χ4v) is 3.72. The molecule has 0 aliphatic heterocycles. The van der Waals surface area contributed by atoms with Gasteiger partial charge in [-0.3, -0.25) is 4.72 Å². The Hall–Kier alpha value is -0.660. The van der Waals surface area contributed by atoms with Gasteiger partial charge < -0.3 is 5.73 Å². The van der Waals surface area contributed by atoms with Crippen LogP contribution in [0.5, 0.6) is 0 Å². The fourth-order valence-electron chi connectivity index (χ4n) is 1.42. The van der Waals surface area contributed by atoms with Gasteiger partial charge in [-0.1, -0.05) is 6.92 Å². The third-order valence-corrected chi connectivity index (χ3v) is 4.73. The molecule has 0 radical (unpaired) electrons. The van der Waals surface area contributed by atoms with Crippen molar-refractivity contribution in [3.05, 3.63) is 10.6 Å². The molecule has 0 saturated heterocycles. The molecule has 1 aromatic heterocycles. The predicted molar refractivity (Wildman–Crippen MR) is 71.9 cm³/mol. The molecule has 3 N–H and O–H groups in total. The fraction of sp³-hybridized carbons (Fsp3) is 0.700. The predicted octanol–water partition coefficient (Wildman–Crippen LogP) is 1.49. The first-order valence-electron chi connectivity index (χ1n) is 5.65. The molecule has 0 aliphatic rings. The van der Waals surface area contributed by atoms with Crippen LogP contribution in [-0.2, 0) is 16.4 Å². The molecule has 0 unspecified atom stereocenters. The average molecular weight is 277 g/mol. The van der Waals surface area contributed by atoms with E-state index in [1.54, 1.807) is 0 Å². The number of hydrogen-bond donors (Lipinski definition) is 2. The van der Waals surface area contributed by atoms with Crippen molar-refractivity contribution in [2.24, 2.45) is 5.73 Å². The van der Waals surface area contributed by atoms with Crippen LogP contribution in [0.25, 0.3) is 0 Å². The topological polar surface area (TPSA) is 85.1 Å². The molecule has 17 heavy (non-hydrogen) atoms. The van der Waals surface area contributed by atoms with E-state index >= 15 is 0 Å². The minimum absolute atomic E-state index is 0.101. The number of nitrogens with zero attached hydrogens (tertiary/aromatic N) is 1. The molecular weight excluding hydrogens is 258 g/mol. The second kappa shape index (κ2) is 6.32. The SMILES string of the molecule is CCc1nc(NS(=O)(=O)CCCCN)sc1C. The molecular formula is C10H19N3O2S2. The van der Waals surface area contributed by atoms with E-state index in [2.05, 4.69) is 9.71 Å². The minimum Gasteiger partial charge on any atom is -0.330 e. The zero-order valence-corrected chi connectivity index (χ0v) is 11.8. The first-order chi connectivity index (χ1) is 7.98. The number of hydrogen-bond acceptors (Lipinski definition) is 5. The molecule has 1 aromatic rings. The Morgan fingerprint density at radius 2 is 2.12 bits per heavy atom. The summed E-state index contributed by atoms with van der Waals surface area (Å²) in [6.07, 6.45) is 2.12. The van der Waals surface area contributed by atoms with Crippen molar-refractivity contribution in [1.82, 2.24) is 4.98 Å². The molecule has 0 amide bonds. The van der Waals surface area contributed by atoms with Gasteiger partial charge in [-0.15, -0.1) is 11.3 Å². The van der Waals surface area contributed by atoms with E-state index in [1.165, 1.54) is 11.3 Å². The van der Waals surface area contributed by atoms with Gasteiger partial charge in [0.2, 0.25) is 10.0 Å². The van der Waals surface area contributed by atoms with Crippen LogP contribution in [0.3, 0.4) is 0 Å². The molecule has 0 atom stereocenters. The monoisotopic (exact) mass is 277 g/mol. The number of aromatic nitrogens is 1. The standard InChI is InChI=1S/C10H19N3O2S2/c1-3-9-8(2)16-10(12-9)13-17(14,15)7-5-4-6-11/h3-7,11H2,1-2H3,(H,12,13). The summed E-state index contributed by atoms with van der Waals surface area (Å²) in [4.78, 5) is 5.31. The van der Waals surface area contributed by atoms with Crippen molar-refractivity contribution >= 4 is 26.5 Å². The Kier molecular flexibility index (Phi) is 5.35. The molecule has 0 fully saturated rings. The van der Waals surface area contributed by atoms with Crippen molar-refractivity contribution < 1.29 is 8.42 Å². The maximum atomic E-state index is 11.7. The Morgan fingerprint density at radius 1 is 1.41 bits per heavy atom. The third kappa shape index (κ3) is 4.61. The number of rotatable bonds is 7. The van der Waals surface area contributed by atoms with Gasteiger partial charge in [0.15, 0.2) is 5.13 Å². The second-order valence-electron chi connectivity index (χ2n) is 3.79. The lowest BCUT2D eigenvalue weighted by Gasteiger charge is -2.03. The summed E-state index contributed by atoms with van der Waals surface area (Å²) in [6.45, 7) is 4.47. The highest BCUT2D eigenvalue weighted by molar-refractivity contribution is 7.92. The van der Waals surface area contributed by atoms with E-state index in [9.17, 15) is 8.42 Å². The molecule has 0 aliphatic carbocycles. The largest absolute Gasteiger partial charge is 0.330 e. The number of nitrogens with one attached hydrogen (secondary N) is 1. The van der Waals surface area contributed by atoms with Crippen LogP contribution in [0.4, 0.5) is 5.13 Å². The smallest absolute Gasteiger partial charge is 0.234 e. The lowest BCUT2D eigenvalue weighted by Crippen LogP contribution is -2.17. The molecule has 1 heterocycles. The summed E-state index contributed by atoms with van der Waals surface area (Å²) in [6, 6.07) is 0. The molecule has 5 nitrogen and oxygen atoms in total. The summed E-state index contributed by atoms with van der Waals surface area (Å²) in [7, 11) is -3.28. The number of nitrogens with two attached hydrogens (primary N) is 1. The van der Waals surface area contributed by atoms with Crippen LogP contribution in [0.2, 0.25) is 0 Å². The zero-order valence-electron chi connectivity index (χ0n) is 10.2. The van der Waals surface area contributed by atoms with Crippen LogP contribution in [0, 0.1) is 6.92 Å². The number of anilines is 1. The molecule has 0 spiro atoms. The summed E-state index contributed by atoms with van der Waals surface area (Å²) >= 11 is 1.38. The highest BCUT2D eigenvalue weighted by atomic mass is 32.2. The third-order valence-electron chi connectivity index (χ3n) is 2.34. The first kappa shape index (κ1) is 14.4. The minimum atomic E-state index is -3.28. The van der Waals surface area contributed by atoms with E-state index in [1.807, 2.05) is 13.8 Å². The molecule has 1 rings (SSSR count). The normalized spacial score (nSPS) is 11.7. The number of thiazole rings is 1. The average Bonchev–Trinajstić information content (AvgIpc) is 2.58. The van der Waals surface area contributed by atoms with Crippen LogP contribution < -0.4 is 10.5 Å². The van der Waals surface area contributed by atoms with E-state index in [4.69, 9.17) is 5.73 Å². The number of sulfonamides is 1. The summed E-state index contributed by atoms with van der Waals surface area (Å²) in [5.74, 6) is 0.101. The van der Waals surface area contributed by atoms with Gasteiger partial charge in [0.25, 0.3) is 0 Å². The second-order valence-corrected chi connectivity index (χ2v) is 6.84. The molecule has 0 bridgehead atoms. The van der Waals surface area contributed by atoms with E-state index in [0.29, 0.717) is 18.1 Å². The first-order valence-corrected chi connectivity index (χ1v) is 8.12. The van der Waals surface area contributed by atoms with Gasteiger partial charge in [-0.05, 0) is 32.7 Å². The molecule has 7 heteroatoms. The van der Waals surface area contributed by atoms with Gasteiger partial charge in [0.05, 0.1) is 11.4 Å². The maximum Gasteiger partial charge on any atom is 0.234 e. The van der Waals surface area contributed by atoms with Crippen molar-refractivity contribution in [3.8, 4) is 0 Å². The van der Waals surface area contributed by atoms with Crippen LogP contribution in [-0.4, -0.2) is 25.7 Å². The quantitative estimate of drug-likeness (QED) is 0.740. The summed E-state index contributed by atoms with van der Waals surface area (Å²) < 4.78 is 25.9. The van der Waals surface area contributed by atoms with Gasteiger partial charge >= 0.3 is 0 Å². The molecule has 0 aromatic carbocycles. The molecule has 0 saturated carbocycles. The van der Waals surface area contributed by atoms with Gasteiger partial charge in [-0.2, -0.15) is 0 Å². The highest BCUT2D eigenvalue weighted by Crippen LogP contribution is 2.23. The van der Waals surface area contributed by atoms with Gasteiger partial charge in [-0.25, -0.2) is 13.4 Å². The van der Waals surface area contributed by atoms with E-state index < -0.39 is 10.0 Å². The Morgan fingerprint density at radius 3 is 2.65 bits per heavy atom. The lowest BCUT2D eigenvalue weighted by atomic mass is 10.3.